The van der Waals surface area contributed by atoms with E-state index in [0.29, 0.717) is 18.4 Å². The molecule has 1 unspecified atom stereocenters. The van der Waals surface area contributed by atoms with Gasteiger partial charge in [0.15, 0.2) is 6.17 Å². The largest absolute Gasteiger partial charge is 0.416 e. The van der Waals surface area contributed by atoms with Gasteiger partial charge in [0.25, 0.3) is 0 Å². The monoisotopic (exact) mass is 353 g/mol. The highest BCUT2D eigenvalue weighted by molar-refractivity contribution is 5.37. The van der Waals surface area contributed by atoms with Gasteiger partial charge in [-0.1, -0.05) is 26.0 Å². The summed E-state index contributed by atoms with van der Waals surface area (Å²) in [6, 6.07) is 5.57. The molecule has 1 aliphatic rings. The number of benzene rings is 1. The molecule has 0 bridgehead atoms. The summed E-state index contributed by atoms with van der Waals surface area (Å²) in [6.45, 7) is 4.07. The van der Waals surface area contributed by atoms with Gasteiger partial charge in [-0.15, -0.1) is 0 Å². The third-order valence-corrected chi connectivity index (χ3v) is 4.60. The first-order valence-corrected chi connectivity index (χ1v) is 8.05. The molecular weight excluding hydrogens is 334 g/mol. The van der Waals surface area contributed by atoms with E-state index in [1.165, 1.54) is 6.20 Å². The summed E-state index contributed by atoms with van der Waals surface area (Å²) in [5.41, 5.74) is 0.810. The Balaban J connectivity index is 1.89. The van der Waals surface area contributed by atoms with E-state index in [1.54, 1.807) is 6.07 Å². The number of alkyl halides is 4. The molecule has 1 aliphatic carbocycles. The van der Waals surface area contributed by atoms with Crippen molar-refractivity contribution in [3.63, 3.8) is 0 Å². The molecule has 25 heavy (non-hydrogen) atoms. The molecule has 0 aliphatic heterocycles. The van der Waals surface area contributed by atoms with Crippen molar-refractivity contribution in [2.45, 2.75) is 45.1 Å². The molecule has 1 N–H and O–H groups in total. The number of halogens is 4. The lowest BCUT2D eigenvalue weighted by Gasteiger charge is -2.34. The van der Waals surface area contributed by atoms with E-state index in [4.69, 9.17) is 0 Å². The molecule has 3 rings (SSSR count). The van der Waals surface area contributed by atoms with Crippen LogP contribution in [0.4, 0.5) is 17.6 Å². The summed E-state index contributed by atoms with van der Waals surface area (Å²) in [6.07, 6.45) is -4.11. The van der Waals surface area contributed by atoms with E-state index in [9.17, 15) is 22.7 Å². The maximum Gasteiger partial charge on any atom is 0.416 e. The maximum atomic E-state index is 14.7. The average molecular weight is 353 g/mol. The van der Waals surface area contributed by atoms with Crippen LogP contribution in [0.3, 0.4) is 0 Å². The van der Waals surface area contributed by atoms with E-state index >= 15 is 0 Å². The first-order valence-electron chi connectivity index (χ1n) is 8.05. The van der Waals surface area contributed by atoms with Crippen molar-refractivity contribution in [1.29, 1.82) is 0 Å². The molecule has 0 radical (unpaired) electrons. The van der Waals surface area contributed by atoms with Crippen LogP contribution in [0.5, 0.6) is 0 Å². The summed E-state index contributed by atoms with van der Waals surface area (Å²) in [5, 5.41) is 10.3. The minimum absolute atomic E-state index is 0.0799. The Morgan fingerprint density at radius 1 is 1.16 bits per heavy atom. The van der Waals surface area contributed by atoms with Gasteiger partial charge >= 0.3 is 6.18 Å². The van der Waals surface area contributed by atoms with Gasteiger partial charge in [0.1, 0.15) is 0 Å². The summed E-state index contributed by atoms with van der Waals surface area (Å²) in [4.78, 5) is 4.29. The van der Waals surface area contributed by atoms with Gasteiger partial charge in [0.05, 0.1) is 11.7 Å². The third kappa shape index (κ3) is 3.68. The Bertz CT molecular complexity index is 768. The fourth-order valence-electron chi connectivity index (χ4n) is 3.29. The van der Waals surface area contributed by atoms with Gasteiger partial charge < -0.3 is 5.11 Å². The number of pyridine rings is 1. The van der Waals surface area contributed by atoms with E-state index in [2.05, 4.69) is 4.98 Å². The molecule has 1 heterocycles. The van der Waals surface area contributed by atoms with Crippen LogP contribution in [0.15, 0.2) is 36.5 Å². The zero-order valence-corrected chi connectivity index (χ0v) is 13.9. The Morgan fingerprint density at radius 3 is 2.40 bits per heavy atom. The first-order chi connectivity index (χ1) is 11.6. The van der Waals surface area contributed by atoms with Crippen molar-refractivity contribution in [2.75, 3.05) is 0 Å². The predicted molar refractivity (Wildman–Crippen MR) is 85.7 cm³/mol. The summed E-state index contributed by atoms with van der Waals surface area (Å²) >= 11 is 0. The van der Waals surface area contributed by atoms with Crippen molar-refractivity contribution in [2.24, 2.45) is 5.41 Å². The van der Waals surface area contributed by atoms with Crippen LogP contribution < -0.4 is 0 Å². The third-order valence-electron chi connectivity index (χ3n) is 4.60. The van der Waals surface area contributed by atoms with Crippen LogP contribution in [-0.4, -0.2) is 10.1 Å². The van der Waals surface area contributed by atoms with Crippen LogP contribution in [0.25, 0.3) is 0 Å². The number of rotatable bonds is 2. The fraction of sp³-hybridized carbons (Fsp3) is 0.421. The molecule has 0 spiro atoms. The van der Waals surface area contributed by atoms with Gasteiger partial charge in [-0.3, -0.25) is 4.98 Å². The SMILES string of the molecule is CC1(C)Cc2ncc([C@@H](F)c3ccc(C(F)(F)F)cc3)cc2C(O)C1. The Morgan fingerprint density at radius 2 is 1.80 bits per heavy atom. The molecule has 134 valence electrons. The maximum absolute atomic E-state index is 14.7. The predicted octanol–water partition coefficient (Wildman–Crippen LogP) is 5.17. The Hall–Kier alpha value is -1.95. The minimum Gasteiger partial charge on any atom is -0.388 e. The lowest BCUT2D eigenvalue weighted by Crippen LogP contribution is -2.26. The van der Waals surface area contributed by atoms with Gasteiger partial charge in [-0.2, -0.15) is 13.2 Å². The van der Waals surface area contributed by atoms with Crippen molar-refractivity contribution < 1.29 is 22.7 Å². The molecule has 2 atom stereocenters. The molecule has 0 fully saturated rings. The molecule has 2 aromatic rings. The van der Waals surface area contributed by atoms with Crippen molar-refractivity contribution in [3.05, 3.63) is 64.5 Å². The summed E-state index contributed by atoms with van der Waals surface area (Å²) < 4.78 is 52.6. The number of aliphatic hydroxyl groups excluding tert-OH is 1. The van der Waals surface area contributed by atoms with Crippen molar-refractivity contribution in [3.8, 4) is 0 Å². The number of nitrogens with zero attached hydrogens (tertiary/aromatic N) is 1. The highest BCUT2D eigenvalue weighted by atomic mass is 19.4. The van der Waals surface area contributed by atoms with Crippen LogP contribution in [0.1, 0.15) is 60.5 Å². The van der Waals surface area contributed by atoms with Crippen molar-refractivity contribution >= 4 is 0 Å². The molecule has 0 saturated carbocycles. The normalized spacial score (nSPS) is 20.8. The second kappa shape index (κ2) is 6.09. The standard InChI is InChI=1S/C19H19F4NO/c1-18(2)8-15-14(16(25)9-18)7-12(10-24-15)17(20)11-3-5-13(6-4-11)19(21,22)23/h3-7,10,16-17,25H,8-9H2,1-2H3/t16?,17-/m0/s1. The lowest BCUT2D eigenvalue weighted by molar-refractivity contribution is -0.137. The van der Waals surface area contributed by atoms with E-state index in [0.717, 1.165) is 30.0 Å². The highest BCUT2D eigenvalue weighted by Crippen LogP contribution is 2.41. The fourth-order valence-corrected chi connectivity index (χ4v) is 3.29. The Labute approximate surface area is 143 Å². The topological polar surface area (TPSA) is 33.1 Å². The molecule has 2 nitrogen and oxygen atoms in total. The zero-order valence-electron chi connectivity index (χ0n) is 13.9. The van der Waals surface area contributed by atoms with E-state index in [1.807, 2.05) is 13.8 Å². The molecular formula is C19H19F4NO. The second-order valence-electron chi connectivity index (χ2n) is 7.35. The molecule has 6 heteroatoms. The zero-order chi connectivity index (χ0) is 18.4. The Kier molecular flexibility index (Phi) is 4.35. The van der Waals surface area contributed by atoms with Gasteiger partial charge in [-0.05, 0) is 42.0 Å². The quantitative estimate of drug-likeness (QED) is 0.756. The number of fused-ring (bicyclic) bond motifs is 1. The van der Waals surface area contributed by atoms with Crippen LogP contribution in [0.2, 0.25) is 0 Å². The van der Waals surface area contributed by atoms with Gasteiger partial charge in [0.2, 0.25) is 0 Å². The average Bonchev–Trinajstić information content (AvgIpc) is 2.52. The van der Waals surface area contributed by atoms with Crippen LogP contribution >= 0.6 is 0 Å². The van der Waals surface area contributed by atoms with Gasteiger partial charge in [0, 0.05) is 23.0 Å². The summed E-state index contributed by atoms with van der Waals surface area (Å²) in [7, 11) is 0. The number of hydrogen-bond donors (Lipinski definition) is 1. The second-order valence-corrected chi connectivity index (χ2v) is 7.35. The molecule has 0 amide bonds. The molecule has 0 saturated heterocycles. The van der Waals surface area contributed by atoms with E-state index in [-0.39, 0.29) is 16.5 Å². The smallest absolute Gasteiger partial charge is 0.388 e. The number of aromatic nitrogens is 1. The lowest BCUT2D eigenvalue weighted by atomic mass is 9.74. The summed E-state index contributed by atoms with van der Waals surface area (Å²) in [5.74, 6) is 0. The van der Waals surface area contributed by atoms with Crippen LogP contribution in [0, 0.1) is 5.41 Å². The van der Waals surface area contributed by atoms with E-state index < -0.39 is 24.0 Å². The molecule has 1 aromatic carbocycles. The van der Waals surface area contributed by atoms with Gasteiger partial charge in [-0.25, -0.2) is 4.39 Å². The van der Waals surface area contributed by atoms with Crippen molar-refractivity contribution in [1.82, 2.24) is 4.98 Å². The molecule has 1 aromatic heterocycles. The van der Waals surface area contributed by atoms with Crippen LogP contribution in [-0.2, 0) is 12.6 Å². The number of aliphatic hydroxyl groups is 1. The highest BCUT2D eigenvalue weighted by Gasteiger charge is 2.33. The number of hydrogen-bond acceptors (Lipinski definition) is 2. The minimum atomic E-state index is -4.45. The first kappa shape index (κ1) is 17.9.